The van der Waals surface area contributed by atoms with Crippen molar-refractivity contribution in [2.75, 3.05) is 6.61 Å². The van der Waals surface area contributed by atoms with Crippen molar-refractivity contribution < 1.29 is 39.4 Å². The highest BCUT2D eigenvalue weighted by Crippen LogP contribution is 2.40. The number of aryl methyl sites for hydroxylation is 2. The largest absolute Gasteiger partial charge is 0.341 e. The Kier molecular flexibility index (Phi) is 6.42. The second-order valence-corrected chi connectivity index (χ2v) is 11.7. The molecule has 4 atom stereocenters. The van der Waals surface area contributed by atoms with Gasteiger partial charge in [-0.1, -0.05) is 35.4 Å². The van der Waals surface area contributed by atoms with Crippen molar-refractivity contribution in [1.29, 1.82) is 0 Å². The zero-order valence-electron chi connectivity index (χ0n) is 18.6. The van der Waals surface area contributed by atoms with Crippen LogP contribution in [0, 0.1) is 13.8 Å². The average molecular weight is 499 g/mol. The first kappa shape index (κ1) is 24.3. The summed E-state index contributed by atoms with van der Waals surface area (Å²) in [7, 11) is -8.30. The minimum Gasteiger partial charge on any atom is -0.341 e. The van der Waals surface area contributed by atoms with E-state index in [1.54, 1.807) is 38.1 Å². The molecule has 33 heavy (non-hydrogen) atoms. The van der Waals surface area contributed by atoms with Gasteiger partial charge in [-0.3, -0.25) is 8.37 Å². The van der Waals surface area contributed by atoms with Gasteiger partial charge in [0.15, 0.2) is 12.1 Å². The van der Waals surface area contributed by atoms with Crippen LogP contribution >= 0.6 is 0 Å². The number of fused-ring (bicyclic) bond motifs is 1. The van der Waals surface area contributed by atoms with Crippen LogP contribution in [0.25, 0.3) is 0 Å². The highest BCUT2D eigenvalue weighted by molar-refractivity contribution is 7.87. The van der Waals surface area contributed by atoms with E-state index in [2.05, 4.69) is 0 Å². The molecule has 4 rings (SSSR count). The number of ether oxygens (including phenoxy) is 3. The Morgan fingerprint density at radius 1 is 0.818 bits per heavy atom. The van der Waals surface area contributed by atoms with Crippen molar-refractivity contribution in [2.45, 2.75) is 67.9 Å². The molecule has 2 saturated heterocycles. The number of benzene rings is 2. The molecule has 0 aliphatic carbocycles. The maximum absolute atomic E-state index is 12.9. The summed E-state index contributed by atoms with van der Waals surface area (Å²) in [4.78, 5) is -0.0636. The molecule has 180 valence electrons. The van der Waals surface area contributed by atoms with E-state index >= 15 is 0 Å². The topological polar surface area (TPSA) is 114 Å². The second-order valence-electron chi connectivity index (χ2n) is 8.52. The van der Waals surface area contributed by atoms with Gasteiger partial charge in [0.1, 0.15) is 18.3 Å². The predicted octanol–water partition coefficient (Wildman–Crippen LogP) is 2.66. The molecule has 0 bridgehead atoms. The normalized spacial score (nSPS) is 26.9. The molecular weight excluding hydrogens is 472 g/mol. The summed E-state index contributed by atoms with van der Waals surface area (Å²) < 4.78 is 78.9. The van der Waals surface area contributed by atoms with Crippen LogP contribution in [0.5, 0.6) is 0 Å². The van der Waals surface area contributed by atoms with E-state index in [0.717, 1.165) is 11.1 Å². The minimum atomic E-state index is -4.20. The fourth-order valence-electron chi connectivity index (χ4n) is 3.63. The molecule has 0 unspecified atom stereocenters. The van der Waals surface area contributed by atoms with E-state index in [4.69, 9.17) is 22.6 Å². The van der Waals surface area contributed by atoms with Crippen molar-refractivity contribution in [2.24, 2.45) is 0 Å². The highest BCUT2D eigenvalue weighted by Gasteiger charge is 2.57. The highest BCUT2D eigenvalue weighted by atomic mass is 32.2. The molecule has 0 radical (unpaired) electrons. The van der Waals surface area contributed by atoms with Crippen LogP contribution < -0.4 is 0 Å². The summed E-state index contributed by atoms with van der Waals surface area (Å²) in [6.07, 6.45) is -4.09. The molecule has 0 spiro atoms. The predicted molar refractivity (Wildman–Crippen MR) is 116 cm³/mol. The van der Waals surface area contributed by atoms with Gasteiger partial charge in [0.2, 0.25) is 0 Å². The second kappa shape index (κ2) is 8.73. The van der Waals surface area contributed by atoms with E-state index in [1.807, 2.05) is 13.8 Å². The minimum absolute atomic E-state index is 0.0235. The van der Waals surface area contributed by atoms with Gasteiger partial charge in [-0.2, -0.15) is 16.8 Å². The quantitative estimate of drug-likeness (QED) is 0.531. The Balaban J connectivity index is 1.55. The Morgan fingerprint density at radius 2 is 1.33 bits per heavy atom. The third-order valence-electron chi connectivity index (χ3n) is 5.33. The smallest absolute Gasteiger partial charge is 0.297 e. The van der Waals surface area contributed by atoms with Crippen LogP contribution in [0.2, 0.25) is 0 Å². The monoisotopic (exact) mass is 498 g/mol. The molecule has 0 N–H and O–H groups in total. The molecule has 2 aliphatic heterocycles. The maximum Gasteiger partial charge on any atom is 0.297 e. The standard InChI is InChI=1S/C22H26O9S2/c1-14-5-9-16(10-6-14)32(23,24)27-13-18-19(20-21(28-18)30-22(3,4)29-20)31-33(25,26)17-11-7-15(2)8-12-17/h5-12,18-21H,13H2,1-4H3/t18-,19-,20+,21+/m0/s1. The lowest BCUT2D eigenvalue weighted by molar-refractivity contribution is -0.215. The first-order valence-corrected chi connectivity index (χ1v) is 13.2. The SMILES string of the molecule is Cc1ccc(S(=O)(=O)OC[C@@H]2O[C@@H]3OC(C)(C)O[C@@H]3[C@H]2OS(=O)(=O)c2ccc(C)cc2)cc1. The molecule has 2 fully saturated rings. The van der Waals surface area contributed by atoms with Crippen molar-refractivity contribution in [3.8, 4) is 0 Å². The summed E-state index contributed by atoms with van der Waals surface area (Å²) in [5.74, 6) is -1.02. The average Bonchev–Trinajstić information content (AvgIpc) is 3.19. The number of hydrogen-bond acceptors (Lipinski definition) is 9. The molecule has 11 heteroatoms. The molecule has 2 heterocycles. The van der Waals surface area contributed by atoms with Crippen molar-refractivity contribution >= 4 is 20.2 Å². The van der Waals surface area contributed by atoms with Gasteiger partial charge in [-0.15, -0.1) is 0 Å². The van der Waals surface area contributed by atoms with E-state index in [9.17, 15) is 16.8 Å². The summed E-state index contributed by atoms with van der Waals surface area (Å²) in [5, 5.41) is 0. The molecule has 9 nitrogen and oxygen atoms in total. The van der Waals surface area contributed by atoms with E-state index in [-0.39, 0.29) is 9.79 Å². The van der Waals surface area contributed by atoms with Gasteiger partial charge in [0.05, 0.1) is 16.4 Å². The zero-order chi connectivity index (χ0) is 24.0. The summed E-state index contributed by atoms with van der Waals surface area (Å²) in [5.41, 5.74) is 1.78. The van der Waals surface area contributed by atoms with Crippen LogP contribution in [0.3, 0.4) is 0 Å². The molecule has 2 aliphatic rings. The van der Waals surface area contributed by atoms with Gasteiger partial charge in [-0.05, 0) is 52.0 Å². The van der Waals surface area contributed by atoms with Gasteiger partial charge < -0.3 is 14.2 Å². The fraction of sp³-hybridized carbons (Fsp3) is 0.455. The van der Waals surface area contributed by atoms with Crippen LogP contribution in [0.15, 0.2) is 58.3 Å². The molecular formula is C22H26O9S2. The Hall–Kier alpha value is -1.86. The van der Waals surface area contributed by atoms with Crippen molar-refractivity contribution in [3.63, 3.8) is 0 Å². The lowest BCUT2D eigenvalue weighted by Crippen LogP contribution is -2.40. The van der Waals surface area contributed by atoms with E-state index in [1.165, 1.54) is 24.3 Å². The van der Waals surface area contributed by atoms with Crippen LogP contribution in [-0.4, -0.2) is 53.8 Å². The van der Waals surface area contributed by atoms with E-state index < -0.39 is 57.2 Å². The van der Waals surface area contributed by atoms with Crippen LogP contribution in [0.4, 0.5) is 0 Å². The fourth-order valence-corrected chi connectivity index (χ4v) is 5.66. The Labute approximate surface area is 193 Å². The summed E-state index contributed by atoms with van der Waals surface area (Å²) in [6.45, 7) is 6.51. The molecule has 0 amide bonds. The van der Waals surface area contributed by atoms with Crippen LogP contribution in [-0.2, 0) is 42.8 Å². The lowest BCUT2D eigenvalue weighted by Gasteiger charge is -2.25. The molecule has 2 aromatic carbocycles. The zero-order valence-corrected chi connectivity index (χ0v) is 20.3. The van der Waals surface area contributed by atoms with Gasteiger partial charge in [0, 0.05) is 0 Å². The number of hydrogen-bond donors (Lipinski definition) is 0. The first-order chi connectivity index (χ1) is 15.4. The molecule has 0 saturated carbocycles. The third kappa shape index (κ3) is 5.29. The van der Waals surface area contributed by atoms with Crippen molar-refractivity contribution in [3.05, 3.63) is 59.7 Å². The van der Waals surface area contributed by atoms with Gasteiger partial charge in [-0.25, -0.2) is 0 Å². The van der Waals surface area contributed by atoms with Crippen molar-refractivity contribution in [1.82, 2.24) is 0 Å². The third-order valence-corrected chi connectivity index (χ3v) is 7.95. The number of rotatable bonds is 7. The maximum atomic E-state index is 12.9. The molecule has 2 aromatic rings. The Morgan fingerprint density at radius 3 is 1.88 bits per heavy atom. The first-order valence-electron chi connectivity index (χ1n) is 10.3. The van der Waals surface area contributed by atoms with Gasteiger partial charge in [0.25, 0.3) is 20.2 Å². The van der Waals surface area contributed by atoms with E-state index in [0.29, 0.717) is 0 Å². The Bertz CT molecular complexity index is 1200. The lowest BCUT2D eigenvalue weighted by atomic mass is 10.1. The molecule has 0 aromatic heterocycles. The summed E-state index contributed by atoms with van der Waals surface area (Å²) in [6, 6.07) is 12.3. The van der Waals surface area contributed by atoms with Crippen LogP contribution in [0.1, 0.15) is 25.0 Å². The van der Waals surface area contributed by atoms with Gasteiger partial charge >= 0.3 is 0 Å². The summed E-state index contributed by atoms with van der Waals surface area (Å²) >= 11 is 0.